The average Bonchev–Trinajstić information content (AvgIpc) is 3.23. The zero-order valence-electron chi connectivity index (χ0n) is 42.0. The van der Waals surface area contributed by atoms with Gasteiger partial charge in [0.2, 0.25) is 0 Å². The molecule has 0 saturated heterocycles. The van der Waals surface area contributed by atoms with E-state index in [-0.39, 0.29) is 31.1 Å². The zero-order valence-corrected chi connectivity index (χ0v) is 42.0. The van der Waals surface area contributed by atoms with Crippen molar-refractivity contribution in [3.8, 4) is 0 Å². The third kappa shape index (κ3) is 47.7. The Hall–Kier alpha value is -1.59. The lowest BCUT2D eigenvalue weighted by Crippen LogP contribution is -2.30. The lowest BCUT2D eigenvalue weighted by molar-refractivity contribution is -0.167. The summed E-state index contributed by atoms with van der Waals surface area (Å²) in [6, 6.07) is 0. The third-order valence-electron chi connectivity index (χ3n) is 12.8. The lowest BCUT2D eigenvalue weighted by atomic mass is 9.99. The summed E-state index contributed by atoms with van der Waals surface area (Å²) in [7, 11) is 0. The molecule has 61 heavy (non-hydrogen) atoms. The van der Waals surface area contributed by atoms with Gasteiger partial charge in [0.05, 0.1) is 0 Å². The first kappa shape index (κ1) is 59.4. The third-order valence-corrected chi connectivity index (χ3v) is 12.8. The van der Waals surface area contributed by atoms with E-state index in [1.54, 1.807) is 0 Å². The normalized spacial score (nSPS) is 12.6. The van der Waals surface area contributed by atoms with Crippen LogP contribution < -0.4 is 0 Å². The predicted octanol–water partition coefficient (Wildman–Crippen LogP) is 17.6. The molecule has 0 radical (unpaired) electrons. The van der Waals surface area contributed by atoms with Gasteiger partial charge < -0.3 is 14.2 Å². The Morgan fingerprint density at radius 2 is 0.574 bits per heavy atom. The van der Waals surface area contributed by atoms with Crippen LogP contribution in [0.3, 0.4) is 0 Å². The summed E-state index contributed by atoms with van der Waals surface area (Å²) in [5.74, 6) is 1.67. The van der Waals surface area contributed by atoms with Crippen molar-refractivity contribution in [3.05, 3.63) is 0 Å². The molecule has 2 atom stereocenters. The van der Waals surface area contributed by atoms with E-state index in [1.165, 1.54) is 180 Å². The van der Waals surface area contributed by atoms with E-state index < -0.39 is 6.10 Å². The van der Waals surface area contributed by atoms with Crippen molar-refractivity contribution >= 4 is 17.9 Å². The Labute approximate surface area is 380 Å². The van der Waals surface area contributed by atoms with Crippen molar-refractivity contribution in [1.29, 1.82) is 0 Å². The monoisotopic (exact) mass is 863 g/mol. The highest BCUT2D eigenvalue weighted by Crippen LogP contribution is 2.18. The standard InChI is InChI=1S/C55H106O6/c1-7-51(6)43-37-31-25-21-22-27-33-39-45-54(57)60-48-52(47-59-53(56)44-38-32-26-19-15-12-11-14-18-24-30-36-42-50(4)5)61-55(58)46-40-34-28-20-16-10-8-9-13-17-23-29-35-41-49(2)3/h49-52H,7-48H2,1-6H3/t51?,52-/m0/s1. The van der Waals surface area contributed by atoms with Crippen molar-refractivity contribution in [3.63, 3.8) is 0 Å². The molecule has 0 spiro atoms. The van der Waals surface area contributed by atoms with Crippen LogP contribution >= 0.6 is 0 Å². The summed E-state index contributed by atoms with van der Waals surface area (Å²) < 4.78 is 16.8. The number of esters is 3. The molecule has 0 aliphatic carbocycles. The maximum absolute atomic E-state index is 12.8. The Morgan fingerprint density at radius 3 is 0.852 bits per heavy atom. The van der Waals surface area contributed by atoms with Crippen LogP contribution in [0.25, 0.3) is 0 Å². The van der Waals surface area contributed by atoms with Crippen LogP contribution in [0.15, 0.2) is 0 Å². The van der Waals surface area contributed by atoms with Gasteiger partial charge in [-0.2, -0.15) is 0 Å². The van der Waals surface area contributed by atoms with Crippen molar-refractivity contribution in [2.24, 2.45) is 17.8 Å². The van der Waals surface area contributed by atoms with Gasteiger partial charge in [-0.25, -0.2) is 0 Å². The van der Waals surface area contributed by atoms with E-state index in [0.717, 1.165) is 75.5 Å². The van der Waals surface area contributed by atoms with Crippen molar-refractivity contribution < 1.29 is 28.6 Å². The molecule has 0 aliphatic heterocycles. The number of hydrogen-bond donors (Lipinski definition) is 0. The van der Waals surface area contributed by atoms with E-state index in [2.05, 4.69) is 41.5 Å². The van der Waals surface area contributed by atoms with Crippen LogP contribution in [0.4, 0.5) is 0 Å². The Balaban J connectivity index is 4.32. The molecule has 0 heterocycles. The number of hydrogen-bond acceptors (Lipinski definition) is 6. The van der Waals surface area contributed by atoms with Crippen LogP contribution in [0.1, 0.15) is 298 Å². The van der Waals surface area contributed by atoms with E-state index >= 15 is 0 Å². The quantitative estimate of drug-likeness (QED) is 0.0344. The van der Waals surface area contributed by atoms with E-state index in [4.69, 9.17) is 14.2 Å². The molecule has 0 saturated carbocycles. The zero-order chi connectivity index (χ0) is 44.9. The highest BCUT2D eigenvalue weighted by Gasteiger charge is 2.19. The minimum absolute atomic E-state index is 0.0644. The minimum Gasteiger partial charge on any atom is -0.462 e. The molecule has 0 fully saturated rings. The largest absolute Gasteiger partial charge is 0.462 e. The fourth-order valence-corrected chi connectivity index (χ4v) is 8.26. The van der Waals surface area contributed by atoms with Crippen LogP contribution in [0, 0.1) is 17.8 Å². The van der Waals surface area contributed by atoms with E-state index in [9.17, 15) is 14.4 Å². The first-order chi connectivity index (χ1) is 29.6. The van der Waals surface area contributed by atoms with E-state index in [0.29, 0.717) is 19.3 Å². The van der Waals surface area contributed by atoms with Crippen LogP contribution in [-0.4, -0.2) is 37.2 Å². The van der Waals surface area contributed by atoms with Crippen LogP contribution in [0.5, 0.6) is 0 Å². The molecule has 0 aliphatic rings. The van der Waals surface area contributed by atoms with Crippen LogP contribution in [-0.2, 0) is 28.6 Å². The summed E-state index contributed by atoms with van der Waals surface area (Å²) in [6.07, 6.45) is 46.5. The Morgan fingerprint density at radius 1 is 0.328 bits per heavy atom. The SMILES string of the molecule is CCC(C)CCCCCCCCCCC(=O)OC[C@H](COC(=O)CCCCCCCCCCCCCCC(C)C)OC(=O)CCCCCCCCCCCCCCCC(C)C. The number of unbranched alkanes of at least 4 members (excludes halogenated alkanes) is 30. The van der Waals surface area contributed by atoms with Gasteiger partial charge in [0.15, 0.2) is 6.10 Å². The van der Waals surface area contributed by atoms with Gasteiger partial charge in [-0.3, -0.25) is 14.4 Å². The Kier molecular flexibility index (Phi) is 45.2. The minimum atomic E-state index is -0.763. The van der Waals surface area contributed by atoms with Gasteiger partial charge in [0.1, 0.15) is 13.2 Å². The maximum Gasteiger partial charge on any atom is 0.306 e. The average molecular weight is 863 g/mol. The number of carbonyl (C=O) groups is 3. The van der Waals surface area contributed by atoms with Crippen LogP contribution in [0.2, 0.25) is 0 Å². The maximum atomic E-state index is 12.8. The summed E-state index contributed by atoms with van der Waals surface area (Å²) in [5, 5.41) is 0. The topological polar surface area (TPSA) is 78.9 Å². The number of carbonyl (C=O) groups excluding carboxylic acids is 3. The van der Waals surface area contributed by atoms with Gasteiger partial charge in [0.25, 0.3) is 0 Å². The highest BCUT2D eigenvalue weighted by molar-refractivity contribution is 5.71. The summed E-state index contributed by atoms with van der Waals surface area (Å²) in [4.78, 5) is 38.0. The molecule has 0 aromatic heterocycles. The fraction of sp³-hybridized carbons (Fsp3) is 0.945. The molecule has 0 bridgehead atoms. The molecule has 0 N–H and O–H groups in total. The van der Waals surface area contributed by atoms with E-state index in [1.807, 2.05) is 0 Å². The van der Waals surface area contributed by atoms with Gasteiger partial charge in [-0.1, -0.05) is 260 Å². The molecule has 0 amide bonds. The van der Waals surface area contributed by atoms with Gasteiger partial charge in [-0.05, 0) is 37.0 Å². The predicted molar refractivity (Wildman–Crippen MR) is 261 cm³/mol. The number of rotatable bonds is 48. The molecular formula is C55H106O6. The van der Waals surface area contributed by atoms with Crippen molar-refractivity contribution in [2.75, 3.05) is 13.2 Å². The second-order valence-corrected chi connectivity index (χ2v) is 20.1. The van der Waals surface area contributed by atoms with Crippen molar-refractivity contribution in [2.45, 2.75) is 304 Å². The van der Waals surface area contributed by atoms with Gasteiger partial charge in [0, 0.05) is 19.3 Å². The molecule has 1 unspecified atom stereocenters. The molecule has 362 valence electrons. The highest BCUT2D eigenvalue weighted by atomic mass is 16.6. The molecule has 0 rings (SSSR count). The second kappa shape index (κ2) is 46.4. The fourth-order valence-electron chi connectivity index (χ4n) is 8.26. The molecule has 6 heteroatoms. The Bertz CT molecular complexity index is 947. The summed E-state index contributed by atoms with van der Waals surface area (Å²) >= 11 is 0. The molecule has 0 aromatic carbocycles. The second-order valence-electron chi connectivity index (χ2n) is 20.1. The summed E-state index contributed by atoms with van der Waals surface area (Å²) in [6.45, 7) is 13.7. The lowest BCUT2D eigenvalue weighted by Gasteiger charge is -2.18. The first-order valence-corrected chi connectivity index (χ1v) is 27.1. The van der Waals surface area contributed by atoms with Crippen molar-refractivity contribution in [1.82, 2.24) is 0 Å². The summed E-state index contributed by atoms with van der Waals surface area (Å²) in [5.41, 5.74) is 0. The number of ether oxygens (including phenoxy) is 3. The first-order valence-electron chi connectivity index (χ1n) is 27.1. The van der Waals surface area contributed by atoms with Gasteiger partial charge in [-0.15, -0.1) is 0 Å². The molecular weight excluding hydrogens is 757 g/mol. The molecule has 6 nitrogen and oxygen atoms in total. The smallest absolute Gasteiger partial charge is 0.306 e. The molecule has 0 aromatic rings. The van der Waals surface area contributed by atoms with Gasteiger partial charge >= 0.3 is 17.9 Å².